The smallest absolute Gasteiger partial charge is 0.137 e. The van der Waals surface area contributed by atoms with Crippen LogP contribution in [-0.2, 0) is 0 Å². The summed E-state index contributed by atoms with van der Waals surface area (Å²) in [6, 6.07) is 9.81. The Kier molecular flexibility index (Phi) is 5.97. The van der Waals surface area contributed by atoms with Crippen molar-refractivity contribution >= 4 is 81.2 Å². The fourth-order valence-corrected chi connectivity index (χ4v) is 4.63. The van der Waals surface area contributed by atoms with Crippen LogP contribution in [0.5, 0.6) is 0 Å². The molecule has 25 heavy (non-hydrogen) atoms. The van der Waals surface area contributed by atoms with Crippen LogP contribution < -0.4 is 0 Å². The van der Waals surface area contributed by atoms with E-state index in [4.69, 9.17) is 81.2 Å². The van der Waals surface area contributed by atoms with Gasteiger partial charge in [0.1, 0.15) is 5.15 Å². The lowest BCUT2D eigenvalue weighted by Crippen LogP contribution is -1.91. The molecular weight excluding hydrogens is 466 g/mol. The van der Waals surface area contributed by atoms with Crippen molar-refractivity contribution in [2.75, 3.05) is 0 Å². The summed E-state index contributed by atoms with van der Waals surface area (Å²) in [5, 5.41) is 2.55. The minimum Gasteiger partial charge on any atom is -0.235 e. The van der Waals surface area contributed by atoms with Gasteiger partial charge in [0.15, 0.2) is 0 Å². The van der Waals surface area contributed by atoms with Gasteiger partial charge in [0.25, 0.3) is 0 Å². The summed E-state index contributed by atoms with van der Waals surface area (Å²) in [6.07, 6.45) is 0. The first-order valence-electron chi connectivity index (χ1n) is 6.74. The Morgan fingerprint density at radius 3 is 1.44 bits per heavy atom. The number of benzene rings is 2. The van der Waals surface area contributed by atoms with E-state index in [1.807, 2.05) is 0 Å². The van der Waals surface area contributed by atoms with Gasteiger partial charge in [-0.3, -0.25) is 0 Å². The van der Waals surface area contributed by atoms with Crippen LogP contribution in [0.15, 0.2) is 36.4 Å². The van der Waals surface area contributed by atoms with Crippen LogP contribution in [0.25, 0.3) is 22.4 Å². The molecule has 0 N–H and O–H groups in total. The van der Waals surface area contributed by atoms with Gasteiger partial charge in [0.2, 0.25) is 0 Å². The van der Waals surface area contributed by atoms with Crippen molar-refractivity contribution in [1.82, 2.24) is 4.98 Å². The van der Waals surface area contributed by atoms with Gasteiger partial charge in [-0.05, 0) is 36.4 Å². The largest absolute Gasteiger partial charge is 0.235 e. The summed E-state index contributed by atoms with van der Waals surface area (Å²) in [5.74, 6) is 0. The van der Waals surface area contributed by atoms with E-state index < -0.39 is 0 Å². The lowest BCUT2D eigenvalue weighted by atomic mass is 10.1. The van der Waals surface area contributed by atoms with Gasteiger partial charge in [-0.1, -0.05) is 81.2 Å². The van der Waals surface area contributed by atoms with Gasteiger partial charge in [-0.25, -0.2) is 4.98 Å². The molecule has 1 heterocycles. The Morgan fingerprint density at radius 1 is 0.560 bits per heavy atom. The van der Waals surface area contributed by atoms with Crippen LogP contribution >= 0.6 is 81.2 Å². The molecule has 8 heteroatoms. The van der Waals surface area contributed by atoms with Gasteiger partial charge in [-0.2, -0.15) is 0 Å². The molecule has 0 saturated carbocycles. The monoisotopic (exact) mass is 469 g/mol. The van der Waals surface area contributed by atoms with Crippen LogP contribution in [0.3, 0.4) is 0 Å². The van der Waals surface area contributed by atoms with E-state index in [0.717, 1.165) is 0 Å². The third kappa shape index (κ3) is 3.99. The number of halogens is 7. The van der Waals surface area contributed by atoms with E-state index in [2.05, 4.69) is 4.98 Å². The molecule has 0 amide bonds. The first kappa shape index (κ1) is 19.4. The van der Waals surface area contributed by atoms with Gasteiger partial charge < -0.3 is 0 Å². The SMILES string of the molecule is Clc1cc(Cl)c(-c2ccc(-c3c(Cl)cc(Cl)cc3Cl)c(Cl)n2)c(Cl)c1. The van der Waals surface area contributed by atoms with Gasteiger partial charge in [0, 0.05) is 26.7 Å². The Balaban J connectivity index is 2.15. The first-order valence-corrected chi connectivity index (χ1v) is 9.39. The summed E-state index contributed by atoms with van der Waals surface area (Å²) in [4.78, 5) is 4.38. The van der Waals surface area contributed by atoms with E-state index in [-0.39, 0.29) is 5.15 Å². The fourth-order valence-electron chi connectivity index (χ4n) is 2.35. The van der Waals surface area contributed by atoms with Crippen LogP contribution in [0.1, 0.15) is 0 Å². The van der Waals surface area contributed by atoms with E-state index in [9.17, 15) is 0 Å². The molecule has 0 aliphatic carbocycles. The number of pyridine rings is 1. The molecule has 0 aliphatic rings. The van der Waals surface area contributed by atoms with Crippen molar-refractivity contribution in [3.05, 3.63) is 71.7 Å². The maximum absolute atomic E-state index is 6.36. The Morgan fingerprint density at radius 2 is 1.00 bits per heavy atom. The lowest BCUT2D eigenvalue weighted by Gasteiger charge is -2.12. The first-order chi connectivity index (χ1) is 11.8. The highest BCUT2D eigenvalue weighted by Gasteiger charge is 2.17. The molecule has 0 spiro atoms. The highest BCUT2D eigenvalue weighted by atomic mass is 35.5. The number of nitrogens with zero attached hydrogens (tertiary/aromatic N) is 1. The molecule has 0 aliphatic heterocycles. The second-order valence-corrected chi connectivity index (χ2v) is 7.88. The van der Waals surface area contributed by atoms with Crippen molar-refractivity contribution in [3.8, 4) is 22.4 Å². The zero-order valence-corrected chi connectivity index (χ0v) is 17.3. The predicted octanol–water partition coefficient (Wildman–Crippen LogP) is 8.99. The number of rotatable bonds is 2. The minimum atomic E-state index is 0.200. The summed E-state index contributed by atoms with van der Waals surface area (Å²) in [6.45, 7) is 0. The molecule has 128 valence electrons. The molecule has 0 saturated heterocycles. The average molecular weight is 472 g/mol. The molecule has 1 nitrogen and oxygen atoms in total. The molecule has 0 radical (unpaired) electrons. The topological polar surface area (TPSA) is 12.9 Å². The standard InChI is InChI=1S/C17H6Cl7N/c18-7-3-10(20)15(11(21)4-7)9-1-2-14(25-17(9)24)16-12(22)5-8(19)6-13(16)23/h1-6H. The van der Waals surface area contributed by atoms with Crippen molar-refractivity contribution in [2.24, 2.45) is 0 Å². The van der Waals surface area contributed by atoms with E-state index >= 15 is 0 Å². The third-order valence-corrected chi connectivity index (χ3v) is 5.30. The van der Waals surface area contributed by atoms with Crippen LogP contribution in [0, 0.1) is 0 Å². The summed E-state index contributed by atoms with van der Waals surface area (Å²) in [7, 11) is 0. The van der Waals surface area contributed by atoms with Gasteiger partial charge in [0.05, 0.1) is 25.8 Å². The number of aromatic nitrogens is 1. The fraction of sp³-hybridized carbons (Fsp3) is 0. The maximum Gasteiger partial charge on any atom is 0.137 e. The second-order valence-electron chi connectivity index (χ2n) is 5.02. The van der Waals surface area contributed by atoms with Crippen molar-refractivity contribution < 1.29 is 0 Å². The number of hydrogen-bond acceptors (Lipinski definition) is 1. The van der Waals surface area contributed by atoms with Crippen LogP contribution in [-0.4, -0.2) is 4.98 Å². The quantitative estimate of drug-likeness (QED) is 0.339. The molecule has 0 unspecified atom stereocenters. The molecule has 3 rings (SSSR count). The molecular formula is C17H6Cl7N. The van der Waals surface area contributed by atoms with Gasteiger partial charge >= 0.3 is 0 Å². The zero-order valence-electron chi connectivity index (χ0n) is 12.1. The molecule has 2 aromatic carbocycles. The van der Waals surface area contributed by atoms with Crippen molar-refractivity contribution in [3.63, 3.8) is 0 Å². The Labute approximate surface area is 179 Å². The highest BCUT2D eigenvalue weighted by Crippen LogP contribution is 2.42. The minimum absolute atomic E-state index is 0.200. The molecule has 0 bridgehead atoms. The van der Waals surface area contributed by atoms with Crippen LogP contribution in [0.4, 0.5) is 0 Å². The second kappa shape index (κ2) is 7.70. The van der Waals surface area contributed by atoms with E-state index in [0.29, 0.717) is 52.5 Å². The summed E-state index contributed by atoms with van der Waals surface area (Å²) in [5.41, 5.74) is 2.15. The van der Waals surface area contributed by atoms with Gasteiger partial charge in [-0.15, -0.1) is 0 Å². The van der Waals surface area contributed by atoms with Crippen molar-refractivity contribution in [2.45, 2.75) is 0 Å². The van der Waals surface area contributed by atoms with E-state index in [1.165, 1.54) is 0 Å². The molecule has 3 aromatic rings. The molecule has 0 fully saturated rings. The Bertz CT molecular complexity index is 939. The Hall–Kier alpha value is -0.380. The molecule has 0 atom stereocenters. The molecule has 1 aromatic heterocycles. The predicted molar refractivity (Wildman–Crippen MR) is 110 cm³/mol. The average Bonchev–Trinajstić information content (AvgIpc) is 2.47. The van der Waals surface area contributed by atoms with Crippen LogP contribution in [0.2, 0.25) is 35.3 Å². The highest BCUT2D eigenvalue weighted by molar-refractivity contribution is 6.43. The third-order valence-electron chi connectivity index (χ3n) is 3.39. The van der Waals surface area contributed by atoms with Crippen molar-refractivity contribution in [1.29, 1.82) is 0 Å². The maximum atomic E-state index is 6.36. The lowest BCUT2D eigenvalue weighted by molar-refractivity contribution is 1.32. The normalized spacial score (nSPS) is 11.0. The summed E-state index contributed by atoms with van der Waals surface area (Å²) < 4.78 is 0. The number of hydrogen-bond donors (Lipinski definition) is 0. The zero-order chi connectivity index (χ0) is 18.3. The summed E-state index contributed by atoms with van der Waals surface area (Å²) >= 11 is 43.2. The van der Waals surface area contributed by atoms with E-state index in [1.54, 1.807) is 36.4 Å².